The molecule has 0 aliphatic carbocycles. The average Bonchev–Trinajstić information content (AvgIpc) is 2.90. The fraction of sp³-hybridized carbons (Fsp3) is 0.350. The molecule has 0 bridgehead atoms. The standard InChI is InChI=1S/C20H22F2N4O2/c1-10-14(20(28)24-19-18(10)12(3)25-26(19)4)6-8-17(27)23-11(2)13-5-7-15(21)16(22)9-13/h5,7,9,11H,6,8H2,1-4H3,(H,23,27)(H,24,28)/t11-/m1/s1. The SMILES string of the molecule is Cc1nn(C)c2[nH]c(=O)c(CCC(=O)N[C@H](C)c3ccc(F)c(F)c3)c(C)c12. The van der Waals surface area contributed by atoms with E-state index in [0.717, 1.165) is 28.8 Å². The van der Waals surface area contributed by atoms with Crippen molar-refractivity contribution >= 4 is 16.9 Å². The number of halogens is 2. The molecule has 28 heavy (non-hydrogen) atoms. The summed E-state index contributed by atoms with van der Waals surface area (Å²) in [6.45, 7) is 5.41. The van der Waals surface area contributed by atoms with Crippen LogP contribution in [0.1, 0.15) is 41.8 Å². The van der Waals surface area contributed by atoms with Crippen LogP contribution in [-0.2, 0) is 18.3 Å². The molecule has 0 saturated heterocycles. The molecule has 0 aliphatic rings. The molecule has 0 unspecified atom stereocenters. The number of nitrogens with zero attached hydrogens (tertiary/aromatic N) is 2. The Hall–Kier alpha value is -3.03. The first-order chi connectivity index (χ1) is 13.2. The number of hydrogen-bond donors (Lipinski definition) is 2. The molecule has 2 N–H and O–H groups in total. The molecule has 2 aromatic heterocycles. The maximum absolute atomic E-state index is 13.4. The number of carbonyl (C=O) groups excluding carboxylic acids is 1. The molecule has 1 atom stereocenters. The maximum Gasteiger partial charge on any atom is 0.253 e. The Morgan fingerprint density at radius 2 is 2.00 bits per heavy atom. The lowest BCUT2D eigenvalue weighted by molar-refractivity contribution is -0.121. The third-order valence-electron chi connectivity index (χ3n) is 4.98. The second-order valence-electron chi connectivity index (χ2n) is 6.95. The molecule has 1 aromatic carbocycles. The summed E-state index contributed by atoms with van der Waals surface area (Å²) in [4.78, 5) is 27.6. The van der Waals surface area contributed by atoms with Crippen molar-refractivity contribution in [2.24, 2.45) is 7.05 Å². The number of fused-ring (bicyclic) bond motifs is 1. The topological polar surface area (TPSA) is 79.8 Å². The smallest absolute Gasteiger partial charge is 0.253 e. The van der Waals surface area contributed by atoms with Gasteiger partial charge in [0.2, 0.25) is 5.91 Å². The van der Waals surface area contributed by atoms with Crippen molar-refractivity contribution in [1.29, 1.82) is 0 Å². The van der Waals surface area contributed by atoms with Crippen molar-refractivity contribution < 1.29 is 13.6 Å². The van der Waals surface area contributed by atoms with Gasteiger partial charge in [-0.15, -0.1) is 0 Å². The molecule has 0 spiro atoms. The number of amides is 1. The van der Waals surface area contributed by atoms with E-state index < -0.39 is 17.7 Å². The van der Waals surface area contributed by atoms with Crippen molar-refractivity contribution in [2.75, 3.05) is 0 Å². The van der Waals surface area contributed by atoms with Gasteiger partial charge >= 0.3 is 0 Å². The summed E-state index contributed by atoms with van der Waals surface area (Å²) in [6.07, 6.45) is 0.366. The summed E-state index contributed by atoms with van der Waals surface area (Å²) in [7, 11) is 1.76. The summed E-state index contributed by atoms with van der Waals surface area (Å²) in [5, 5.41) is 7.95. The van der Waals surface area contributed by atoms with Crippen LogP contribution in [0.2, 0.25) is 0 Å². The van der Waals surface area contributed by atoms with E-state index in [1.54, 1.807) is 18.7 Å². The molecular weight excluding hydrogens is 366 g/mol. The van der Waals surface area contributed by atoms with Crippen LogP contribution in [0.25, 0.3) is 11.0 Å². The fourth-order valence-corrected chi connectivity index (χ4v) is 3.47. The Morgan fingerprint density at radius 1 is 1.29 bits per heavy atom. The third-order valence-corrected chi connectivity index (χ3v) is 4.98. The average molecular weight is 388 g/mol. The van der Waals surface area contributed by atoms with Gasteiger partial charge in [-0.1, -0.05) is 6.07 Å². The second-order valence-corrected chi connectivity index (χ2v) is 6.95. The minimum absolute atomic E-state index is 0.1000. The third kappa shape index (κ3) is 3.67. The van der Waals surface area contributed by atoms with Gasteiger partial charge in [-0.05, 0) is 50.5 Å². The van der Waals surface area contributed by atoms with Crippen molar-refractivity contribution in [1.82, 2.24) is 20.1 Å². The summed E-state index contributed by atoms with van der Waals surface area (Å²) >= 11 is 0. The molecule has 1 amide bonds. The first-order valence-electron chi connectivity index (χ1n) is 8.98. The first kappa shape index (κ1) is 19.7. The van der Waals surface area contributed by atoms with Gasteiger partial charge in [0.05, 0.1) is 11.7 Å². The van der Waals surface area contributed by atoms with Crippen LogP contribution < -0.4 is 10.9 Å². The molecule has 2 heterocycles. The lowest BCUT2D eigenvalue weighted by Gasteiger charge is -2.15. The molecule has 0 radical (unpaired) electrons. The summed E-state index contributed by atoms with van der Waals surface area (Å²) in [5.41, 5.74) is 3.04. The number of aryl methyl sites for hydroxylation is 3. The predicted octanol–water partition coefficient (Wildman–Crippen LogP) is 2.97. The van der Waals surface area contributed by atoms with E-state index in [4.69, 9.17) is 0 Å². The minimum atomic E-state index is -0.957. The zero-order valence-corrected chi connectivity index (χ0v) is 16.2. The Bertz CT molecular complexity index is 1120. The van der Waals surface area contributed by atoms with E-state index in [1.165, 1.54) is 6.07 Å². The van der Waals surface area contributed by atoms with E-state index in [9.17, 15) is 18.4 Å². The first-order valence-corrected chi connectivity index (χ1v) is 8.98. The van der Waals surface area contributed by atoms with E-state index in [2.05, 4.69) is 15.4 Å². The number of aromatic amines is 1. The predicted molar refractivity (Wildman–Crippen MR) is 102 cm³/mol. The second kappa shape index (κ2) is 7.53. The van der Waals surface area contributed by atoms with Crippen LogP contribution in [0, 0.1) is 25.5 Å². The number of nitrogens with one attached hydrogen (secondary N) is 2. The molecule has 0 saturated carbocycles. The van der Waals surface area contributed by atoms with Gasteiger partial charge in [-0.2, -0.15) is 5.10 Å². The zero-order valence-electron chi connectivity index (χ0n) is 16.2. The van der Waals surface area contributed by atoms with Crippen molar-refractivity contribution in [3.8, 4) is 0 Å². The minimum Gasteiger partial charge on any atom is -0.350 e. The van der Waals surface area contributed by atoms with Crippen molar-refractivity contribution in [3.63, 3.8) is 0 Å². The van der Waals surface area contributed by atoms with Gasteiger partial charge in [0.25, 0.3) is 5.56 Å². The Kier molecular flexibility index (Phi) is 5.31. The highest BCUT2D eigenvalue weighted by Gasteiger charge is 2.17. The summed E-state index contributed by atoms with van der Waals surface area (Å²) in [6, 6.07) is 3.04. The number of aromatic nitrogens is 3. The molecule has 0 aliphatic heterocycles. The highest BCUT2D eigenvalue weighted by molar-refractivity contribution is 5.83. The highest BCUT2D eigenvalue weighted by atomic mass is 19.2. The summed E-state index contributed by atoms with van der Waals surface area (Å²) < 4.78 is 28.0. The van der Waals surface area contributed by atoms with Crippen LogP contribution in [0.5, 0.6) is 0 Å². The number of H-pyrrole nitrogens is 1. The van der Waals surface area contributed by atoms with Crippen LogP contribution in [0.4, 0.5) is 8.78 Å². The van der Waals surface area contributed by atoms with E-state index >= 15 is 0 Å². The molecule has 3 aromatic rings. The molecule has 0 fully saturated rings. The molecular formula is C20H22F2N4O2. The van der Waals surface area contributed by atoms with Gasteiger partial charge in [-0.25, -0.2) is 8.78 Å². The van der Waals surface area contributed by atoms with Gasteiger partial charge in [0.1, 0.15) is 5.65 Å². The number of benzene rings is 1. The lowest BCUT2D eigenvalue weighted by atomic mass is 10.0. The number of hydrogen-bond acceptors (Lipinski definition) is 3. The number of carbonyl (C=O) groups is 1. The van der Waals surface area contributed by atoms with Gasteiger partial charge in [-0.3, -0.25) is 14.3 Å². The quantitative estimate of drug-likeness (QED) is 0.705. The van der Waals surface area contributed by atoms with E-state index in [1.807, 2.05) is 13.8 Å². The van der Waals surface area contributed by atoms with Gasteiger partial charge in [0.15, 0.2) is 11.6 Å². The highest BCUT2D eigenvalue weighted by Crippen LogP contribution is 2.21. The Morgan fingerprint density at radius 3 is 2.68 bits per heavy atom. The zero-order chi connectivity index (χ0) is 20.6. The number of pyridine rings is 1. The monoisotopic (exact) mass is 388 g/mol. The van der Waals surface area contributed by atoms with Crippen LogP contribution in [0.15, 0.2) is 23.0 Å². The largest absolute Gasteiger partial charge is 0.350 e. The summed E-state index contributed by atoms with van der Waals surface area (Å²) in [5.74, 6) is -2.17. The van der Waals surface area contributed by atoms with E-state index in [0.29, 0.717) is 16.8 Å². The van der Waals surface area contributed by atoms with Gasteiger partial charge < -0.3 is 10.3 Å². The molecule has 6 nitrogen and oxygen atoms in total. The normalized spacial score (nSPS) is 12.4. The molecule has 148 valence electrons. The van der Waals surface area contributed by atoms with Crippen molar-refractivity contribution in [3.05, 3.63) is 62.6 Å². The Balaban J connectivity index is 1.73. The molecule has 3 rings (SSSR count). The van der Waals surface area contributed by atoms with Crippen LogP contribution in [-0.4, -0.2) is 20.7 Å². The van der Waals surface area contributed by atoms with Gasteiger partial charge in [0, 0.05) is 24.4 Å². The lowest BCUT2D eigenvalue weighted by Crippen LogP contribution is -2.28. The Labute approximate surface area is 160 Å². The van der Waals surface area contributed by atoms with Crippen LogP contribution in [0.3, 0.4) is 0 Å². The maximum atomic E-state index is 13.4. The van der Waals surface area contributed by atoms with E-state index in [-0.39, 0.29) is 24.3 Å². The molecule has 8 heteroatoms. The van der Waals surface area contributed by atoms with Crippen LogP contribution >= 0.6 is 0 Å². The fourth-order valence-electron chi connectivity index (χ4n) is 3.47. The van der Waals surface area contributed by atoms with Crippen molar-refractivity contribution in [2.45, 2.75) is 39.7 Å². The number of rotatable bonds is 5.